The second kappa shape index (κ2) is 5.88. The highest BCUT2D eigenvalue weighted by atomic mass is 16.4. The van der Waals surface area contributed by atoms with Crippen LogP contribution >= 0.6 is 0 Å². The maximum Gasteiger partial charge on any atom is 0.303 e. The van der Waals surface area contributed by atoms with Crippen molar-refractivity contribution >= 4 is 35.0 Å². The van der Waals surface area contributed by atoms with E-state index in [1.165, 1.54) is 11.1 Å². The predicted octanol–water partition coefficient (Wildman–Crippen LogP) is 2.18. The van der Waals surface area contributed by atoms with Crippen molar-refractivity contribution in [3.05, 3.63) is 48.2 Å². The number of nitrogens with zero attached hydrogens (tertiary/aromatic N) is 2. The predicted molar refractivity (Wildman–Crippen MR) is 82.6 cm³/mol. The monoisotopic (exact) mass is 311 g/mol. The average molecular weight is 311 g/mol. The summed E-state index contributed by atoms with van der Waals surface area (Å²) in [6.07, 6.45) is 1.03. The van der Waals surface area contributed by atoms with Gasteiger partial charge in [0.2, 0.25) is 5.91 Å². The number of amides is 2. The van der Waals surface area contributed by atoms with Crippen molar-refractivity contribution in [1.29, 1.82) is 0 Å². The van der Waals surface area contributed by atoms with Gasteiger partial charge in [0.1, 0.15) is 0 Å². The number of carboxylic acid groups (broad SMARTS) is 1. The Kier molecular flexibility index (Phi) is 3.76. The minimum Gasteiger partial charge on any atom is -0.481 e. The Morgan fingerprint density at radius 2 is 1.91 bits per heavy atom. The number of anilines is 3. The number of rotatable bonds is 3. The lowest BCUT2D eigenvalue weighted by Crippen LogP contribution is -2.27. The third kappa shape index (κ3) is 2.76. The number of pyridine rings is 1. The molecule has 2 amide bonds. The lowest BCUT2D eigenvalue weighted by atomic mass is 10.1. The smallest absolute Gasteiger partial charge is 0.303 e. The normalized spacial score (nSPS) is 12.7. The number of carbonyl (C=O) groups is 3. The van der Waals surface area contributed by atoms with Crippen LogP contribution in [0.3, 0.4) is 0 Å². The van der Waals surface area contributed by atoms with Gasteiger partial charge < -0.3 is 10.4 Å². The number of hydrogen-bond acceptors (Lipinski definition) is 4. The topological polar surface area (TPSA) is 99.6 Å². The van der Waals surface area contributed by atoms with Gasteiger partial charge in [0, 0.05) is 12.6 Å². The van der Waals surface area contributed by atoms with Crippen molar-refractivity contribution in [3.8, 4) is 0 Å². The van der Waals surface area contributed by atoms with Gasteiger partial charge in [0.15, 0.2) is 5.82 Å². The molecule has 1 aliphatic rings. The fraction of sp³-hybridized carbons (Fsp3) is 0.125. The molecule has 0 spiro atoms. The Hall–Kier alpha value is -3.22. The molecule has 7 nitrogen and oxygen atoms in total. The van der Waals surface area contributed by atoms with Crippen LogP contribution in [-0.2, 0) is 9.59 Å². The molecule has 2 aromatic rings. The van der Waals surface area contributed by atoms with Gasteiger partial charge in [-0.05, 0) is 24.3 Å². The summed E-state index contributed by atoms with van der Waals surface area (Å²) in [4.78, 5) is 41.1. The minimum atomic E-state index is -1.06. The van der Waals surface area contributed by atoms with Gasteiger partial charge in [-0.2, -0.15) is 0 Å². The molecule has 0 aliphatic carbocycles. The van der Waals surface area contributed by atoms with E-state index in [1.54, 1.807) is 36.4 Å². The average Bonchev–Trinajstić information content (AvgIpc) is 2.67. The molecule has 116 valence electrons. The van der Waals surface area contributed by atoms with E-state index >= 15 is 0 Å². The van der Waals surface area contributed by atoms with Gasteiger partial charge in [0.25, 0.3) is 5.91 Å². The molecule has 0 radical (unpaired) electrons. The van der Waals surface area contributed by atoms with Crippen LogP contribution in [0.2, 0.25) is 0 Å². The summed E-state index contributed by atoms with van der Waals surface area (Å²) in [5.74, 6) is -1.56. The van der Waals surface area contributed by atoms with Gasteiger partial charge in [-0.1, -0.05) is 12.1 Å². The van der Waals surface area contributed by atoms with Crippen LogP contribution in [0.4, 0.5) is 17.2 Å². The molecule has 23 heavy (non-hydrogen) atoms. The third-order valence-corrected chi connectivity index (χ3v) is 3.44. The molecule has 1 aromatic carbocycles. The van der Waals surface area contributed by atoms with Gasteiger partial charge in [-0.25, -0.2) is 4.98 Å². The lowest BCUT2D eigenvalue weighted by Gasteiger charge is -2.22. The second-order valence-electron chi connectivity index (χ2n) is 4.97. The van der Waals surface area contributed by atoms with Crippen LogP contribution in [0.1, 0.15) is 23.2 Å². The van der Waals surface area contributed by atoms with E-state index in [-0.39, 0.29) is 24.6 Å². The number of benzene rings is 1. The second-order valence-corrected chi connectivity index (χ2v) is 4.97. The summed E-state index contributed by atoms with van der Waals surface area (Å²) in [7, 11) is 0. The molecule has 2 heterocycles. The van der Waals surface area contributed by atoms with Crippen molar-refractivity contribution in [2.24, 2.45) is 0 Å². The number of aliphatic carboxylic acids is 1. The standard InChI is InChI=1S/C16H13N3O4/c20-13(7-8-14(21)22)19-12-6-2-1-4-10(12)16(23)18-11-5-3-9-17-15(11)19/h1-6,9H,7-8H2,(H,18,23)(H,21,22). The number of para-hydroxylation sites is 1. The zero-order valence-electron chi connectivity index (χ0n) is 12.0. The van der Waals surface area contributed by atoms with Crippen molar-refractivity contribution < 1.29 is 19.5 Å². The van der Waals surface area contributed by atoms with E-state index in [0.29, 0.717) is 16.9 Å². The SMILES string of the molecule is O=C(O)CCC(=O)N1c2ccccc2C(=O)Nc2cccnc21. The first-order valence-electron chi connectivity index (χ1n) is 6.98. The first-order chi connectivity index (χ1) is 11.1. The zero-order valence-corrected chi connectivity index (χ0v) is 12.0. The maximum absolute atomic E-state index is 12.6. The van der Waals surface area contributed by atoms with E-state index in [2.05, 4.69) is 10.3 Å². The Morgan fingerprint density at radius 3 is 2.70 bits per heavy atom. The quantitative estimate of drug-likeness (QED) is 0.905. The van der Waals surface area contributed by atoms with Crippen molar-refractivity contribution in [3.63, 3.8) is 0 Å². The molecule has 0 saturated heterocycles. The molecule has 7 heteroatoms. The maximum atomic E-state index is 12.6. The van der Waals surface area contributed by atoms with Crippen LogP contribution in [0.5, 0.6) is 0 Å². The fourth-order valence-electron chi connectivity index (χ4n) is 2.42. The molecular weight excluding hydrogens is 298 g/mol. The van der Waals surface area contributed by atoms with Gasteiger partial charge in [-0.3, -0.25) is 19.3 Å². The highest BCUT2D eigenvalue weighted by Gasteiger charge is 2.29. The third-order valence-electron chi connectivity index (χ3n) is 3.44. The van der Waals surface area contributed by atoms with Crippen LogP contribution < -0.4 is 10.2 Å². The van der Waals surface area contributed by atoms with Gasteiger partial charge in [-0.15, -0.1) is 0 Å². The molecule has 2 N–H and O–H groups in total. The molecule has 1 aromatic heterocycles. The number of fused-ring (bicyclic) bond motifs is 2. The summed E-state index contributed by atoms with van der Waals surface area (Å²) >= 11 is 0. The van der Waals surface area contributed by atoms with Crippen molar-refractivity contribution in [2.75, 3.05) is 10.2 Å². The molecule has 0 bridgehead atoms. The van der Waals surface area contributed by atoms with Crippen LogP contribution in [0.25, 0.3) is 0 Å². The van der Waals surface area contributed by atoms with Crippen molar-refractivity contribution in [2.45, 2.75) is 12.8 Å². The van der Waals surface area contributed by atoms with Crippen LogP contribution in [0, 0.1) is 0 Å². The van der Waals surface area contributed by atoms with E-state index in [1.807, 2.05) is 0 Å². The van der Waals surface area contributed by atoms with Crippen LogP contribution in [-0.4, -0.2) is 27.9 Å². The van der Waals surface area contributed by atoms with Gasteiger partial charge >= 0.3 is 5.97 Å². The first kappa shape index (κ1) is 14.7. The highest BCUT2D eigenvalue weighted by Crippen LogP contribution is 2.36. The van der Waals surface area contributed by atoms with E-state index in [4.69, 9.17) is 5.11 Å². The minimum absolute atomic E-state index is 0.187. The Labute approximate surface area is 131 Å². The summed E-state index contributed by atoms with van der Waals surface area (Å²) in [5, 5.41) is 11.5. The Morgan fingerprint density at radius 1 is 1.13 bits per heavy atom. The molecule has 0 fully saturated rings. The summed E-state index contributed by atoms with van der Waals surface area (Å²) in [6.45, 7) is 0. The number of hydrogen-bond donors (Lipinski definition) is 2. The fourth-order valence-corrected chi connectivity index (χ4v) is 2.42. The number of aromatic nitrogens is 1. The zero-order chi connectivity index (χ0) is 16.4. The Bertz CT molecular complexity index is 803. The largest absolute Gasteiger partial charge is 0.481 e. The number of carbonyl (C=O) groups excluding carboxylic acids is 2. The molecule has 0 saturated carbocycles. The van der Waals surface area contributed by atoms with Crippen molar-refractivity contribution in [1.82, 2.24) is 4.98 Å². The Balaban J connectivity index is 2.12. The molecule has 0 unspecified atom stereocenters. The summed E-state index contributed by atoms with van der Waals surface area (Å²) in [5.41, 5.74) is 1.12. The summed E-state index contributed by atoms with van der Waals surface area (Å²) < 4.78 is 0. The number of nitrogens with one attached hydrogen (secondary N) is 1. The lowest BCUT2D eigenvalue weighted by molar-refractivity contribution is -0.138. The van der Waals surface area contributed by atoms with Gasteiger partial charge in [0.05, 0.1) is 23.4 Å². The first-order valence-corrected chi connectivity index (χ1v) is 6.98. The van der Waals surface area contributed by atoms with E-state index < -0.39 is 11.9 Å². The number of carboxylic acids is 1. The van der Waals surface area contributed by atoms with Crippen LogP contribution in [0.15, 0.2) is 42.6 Å². The molecule has 0 atom stereocenters. The van der Waals surface area contributed by atoms with E-state index in [9.17, 15) is 14.4 Å². The van der Waals surface area contributed by atoms with E-state index in [0.717, 1.165) is 0 Å². The summed E-state index contributed by atoms with van der Waals surface area (Å²) in [6, 6.07) is 9.93. The highest BCUT2D eigenvalue weighted by molar-refractivity contribution is 6.17. The molecule has 3 rings (SSSR count). The molecular formula is C16H13N3O4. The molecule has 1 aliphatic heterocycles.